The quantitative estimate of drug-likeness (QED) is 0.136. The molecule has 0 aromatic carbocycles. The summed E-state index contributed by atoms with van der Waals surface area (Å²) in [5, 5.41) is 28.3. The fourth-order valence-corrected chi connectivity index (χ4v) is 4.67. The molecule has 4 N–H and O–H groups in total. The van der Waals surface area contributed by atoms with Crippen molar-refractivity contribution in [2.45, 2.75) is 134 Å². The van der Waals surface area contributed by atoms with Gasteiger partial charge in [0.15, 0.2) is 6.29 Å². The van der Waals surface area contributed by atoms with Crippen LogP contribution in [0.1, 0.15) is 110 Å². The van der Waals surface area contributed by atoms with E-state index in [2.05, 4.69) is 6.92 Å². The third-order valence-electron chi connectivity index (χ3n) is 5.99. The van der Waals surface area contributed by atoms with Gasteiger partial charge in [-0.25, -0.2) is 4.57 Å². The van der Waals surface area contributed by atoms with Gasteiger partial charge in [0.05, 0.1) is 13.2 Å². The van der Waals surface area contributed by atoms with Crippen LogP contribution in [0.5, 0.6) is 0 Å². The highest BCUT2D eigenvalue weighted by Gasteiger charge is 2.42. The topological polar surface area (TPSA) is 126 Å². The molecule has 1 fully saturated rings. The second-order valence-corrected chi connectivity index (χ2v) is 10.4. The highest BCUT2D eigenvalue weighted by Crippen LogP contribution is 2.44. The van der Waals surface area contributed by atoms with Crippen LogP contribution in [-0.2, 0) is 18.3 Å². The fraction of sp³-hybridized carbons (Fsp3) is 1.00. The summed E-state index contributed by atoms with van der Waals surface area (Å²) in [5.41, 5.74) is 0. The maximum absolute atomic E-state index is 11.8. The monoisotopic (exact) mass is 482 g/mol. The zero-order chi connectivity index (χ0) is 23.7. The minimum Gasteiger partial charge on any atom is -0.387 e. The van der Waals surface area contributed by atoms with Gasteiger partial charge in [-0.1, -0.05) is 103 Å². The molecule has 8 nitrogen and oxygen atoms in total. The zero-order valence-corrected chi connectivity index (χ0v) is 20.8. The Kier molecular flexibility index (Phi) is 17.1. The van der Waals surface area contributed by atoms with Gasteiger partial charge in [0.2, 0.25) is 0 Å². The largest absolute Gasteiger partial charge is 0.472 e. The summed E-state index contributed by atoms with van der Waals surface area (Å²) in [7, 11) is -4.26. The summed E-state index contributed by atoms with van der Waals surface area (Å²) in [5.74, 6) is 0. The lowest BCUT2D eigenvalue weighted by Gasteiger charge is -2.17. The number of ether oxygens (including phenoxy) is 1. The summed E-state index contributed by atoms with van der Waals surface area (Å²) in [6.45, 7) is 1.92. The Balaban J connectivity index is 1.85. The first kappa shape index (κ1) is 30.0. The lowest BCUT2D eigenvalue weighted by atomic mass is 10.0. The van der Waals surface area contributed by atoms with Gasteiger partial charge in [-0.2, -0.15) is 0 Å². The van der Waals surface area contributed by atoms with Crippen LogP contribution >= 0.6 is 7.82 Å². The van der Waals surface area contributed by atoms with E-state index in [1.807, 2.05) is 0 Å². The van der Waals surface area contributed by atoms with Crippen LogP contribution in [0, 0.1) is 0 Å². The molecule has 0 aromatic rings. The van der Waals surface area contributed by atoms with Crippen molar-refractivity contribution in [2.24, 2.45) is 0 Å². The van der Waals surface area contributed by atoms with E-state index in [4.69, 9.17) is 13.8 Å². The van der Waals surface area contributed by atoms with Gasteiger partial charge in [0.1, 0.15) is 18.3 Å². The molecule has 32 heavy (non-hydrogen) atoms. The molecular formula is C23H47O8P. The molecule has 0 spiro atoms. The normalized spacial score (nSPS) is 25.3. The molecule has 0 amide bonds. The Hall–Kier alpha value is -0.0500. The third kappa shape index (κ3) is 14.3. The van der Waals surface area contributed by atoms with Gasteiger partial charge >= 0.3 is 7.82 Å². The summed E-state index contributed by atoms with van der Waals surface area (Å²) in [6.07, 6.45) is 14.6. The zero-order valence-electron chi connectivity index (χ0n) is 19.9. The Morgan fingerprint density at radius 3 is 1.53 bits per heavy atom. The van der Waals surface area contributed by atoms with Crippen molar-refractivity contribution in [3.05, 3.63) is 0 Å². The molecule has 1 heterocycles. The SMILES string of the molecule is CCCCCCCCCCCCCCCCCCOP(=O)(O)OC[C@H]1O[C@@H](O)[C@@H](O)[C@@H]1O. The van der Waals surface area contributed by atoms with Crippen LogP contribution in [0.2, 0.25) is 0 Å². The van der Waals surface area contributed by atoms with Crippen LogP contribution in [0.3, 0.4) is 0 Å². The van der Waals surface area contributed by atoms with E-state index >= 15 is 0 Å². The number of phosphoric acid groups is 1. The molecule has 1 saturated heterocycles. The third-order valence-corrected chi connectivity index (χ3v) is 6.98. The van der Waals surface area contributed by atoms with Gasteiger partial charge < -0.3 is 24.9 Å². The summed E-state index contributed by atoms with van der Waals surface area (Å²) < 4.78 is 26.4. The number of phosphoric ester groups is 1. The molecule has 0 bridgehead atoms. The summed E-state index contributed by atoms with van der Waals surface area (Å²) in [4.78, 5) is 9.67. The Labute approximate surface area is 194 Å². The van der Waals surface area contributed by atoms with Gasteiger partial charge in [-0.3, -0.25) is 9.05 Å². The maximum Gasteiger partial charge on any atom is 0.472 e. The molecule has 1 aliphatic rings. The van der Waals surface area contributed by atoms with E-state index in [1.54, 1.807) is 0 Å². The smallest absolute Gasteiger partial charge is 0.387 e. The van der Waals surface area contributed by atoms with Crippen molar-refractivity contribution in [3.8, 4) is 0 Å². The van der Waals surface area contributed by atoms with E-state index in [1.165, 1.54) is 83.5 Å². The highest BCUT2D eigenvalue weighted by atomic mass is 31.2. The van der Waals surface area contributed by atoms with Crippen molar-refractivity contribution in [1.82, 2.24) is 0 Å². The molecule has 0 aliphatic carbocycles. The first-order valence-corrected chi connectivity index (χ1v) is 14.2. The minimum atomic E-state index is -4.26. The van der Waals surface area contributed by atoms with Crippen molar-refractivity contribution < 1.29 is 38.6 Å². The average molecular weight is 483 g/mol. The molecule has 0 saturated carbocycles. The van der Waals surface area contributed by atoms with Gasteiger partial charge in [0.25, 0.3) is 0 Å². The Bertz CT molecular complexity index is 493. The van der Waals surface area contributed by atoms with Crippen molar-refractivity contribution in [3.63, 3.8) is 0 Å². The lowest BCUT2D eigenvalue weighted by molar-refractivity contribution is -0.132. The molecule has 0 aromatic heterocycles. The van der Waals surface area contributed by atoms with E-state index in [0.29, 0.717) is 6.42 Å². The van der Waals surface area contributed by atoms with Gasteiger partial charge in [-0.05, 0) is 6.42 Å². The van der Waals surface area contributed by atoms with Crippen molar-refractivity contribution >= 4 is 7.82 Å². The Morgan fingerprint density at radius 1 is 0.688 bits per heavy atom. The van der Waals surface area contributed by atoms with E-state index in [9.17, 15) is 24.8 Å². The van der Waals surface area contributed by atoms with Gasteiger partial charge in [-0.15, -0.1) is 0 Å². The van der Waals surface area contributed by atoms with Gasteiger partial charge in [0, 0.05) is 0 Å². The maximum atomic E-state index is 11.8. The summed E-state index contributed by atoms with van der Waals surface area (Å²) >= 11 is 0. The number of unbranched alkanes of at least 4 members (excludes halogenated alkanes) is 15. The predicted octanol–water partition coefficient (Wildman–Crippen LogP) is 4.82. The second kappa shape index (κ2) is 18.3. The standard InChI is InChI=1S/C23H47O8P/c1-2-3-4-5-6-7-8-9-10-11-12-13-14-15-16-17-18-29-32(27,28)30-19-20-21(24)22(25)23(26)31-20/h20-26H,2-19H2,1H3,(H,27,28)/t20-,21-,22+,23-/m1/s1. The van der Waals surface area contributed by atoms with Crippen LogP contribution in [0.25, 0.3) is 0 Å². The molecule has 192 valence electrons. The Morgan fingerprint density at radius 2 is 1.12 bits per heavy atom. The van der Waals surface area contributed by atoms with Crippen molar-refractivity contribution in [2.75, 3.05) is 13.2 Å². The van der Waals surface area contributed by atoms with Crippen molar-refractivity contribution in [1.29, 1.82) is 0 Å². The number of aliphatic hydroxyl groups is 3. The molecular weight excluding hydrogens is 435 g/mol. The molecule has 1 unspecified atom stereocenters. The van der Waals surface area contributed by atoms with E-state index in [-0.39, 0.29) is 6.61 Å². The number of hydrogen-bond donors (Lipinski definition) is 4. The van der Waals surface area contributed by atoms with Crippen LogP contribution in [0.15, 0.2) is 0 Å². The lowest BCUT2D eigenvalue weighted by Crippen LogP contribution is -2.34. The molecule has 5 atom stereocenters. The number of aliphatic hydroxyl groups excluding tert-OH is 3. The van der Waals surface area contributed by atoms with E-state index < -0.39 is 39.0 Å². The molecule has 1 rings (SSSR count). The van der Waals surface area contributed by atoms with E-state index in [0.717, 1.165) is 12.8 Å². The van der Waals surface area contributed by atoms with Crippen LogP contribution in [-0.4, -0.2) is 58.0 Å². The first-order chi connectivity index (χ1) is 15.4. The number of rotatable bonds is 21. The predicted molar refractivity (Wildman–Crippen MR) is 124 cm³/mol. The average Bonchev–Trinajstić information content (AvgIpc) is 3.01. The second-order valence-electron chi connectivity index (χ2n) is 8.95. The minimum absolute atomic E-state index is 0.117. The first-order valence-electron chi connectivity index (χ1n) is 12.7. The number of hydrogen-bond acceptors (Lipinski definition) is 7. The van der Waals surface area contributed by atoms with Crippen LogP contribution in [0.4, 0.5) is 0 Å². The van der Waals surface area contributed by atoms with Crippen LogP contribution < -0.4 is 0 Å². The fourth-order valence-electron chi connectivity index (χ4n) is 3.90. The highest BCUT2D eigenvalue weighted by molar-refractivity contribution is 7.47. The molecule has 9 heteroatoms. The molecule has 1 aliphatic heterocycles. The molecule has 0 radical (unpaired) electrons. The summed E-state index contributed by atoms with van der Waals surface area (Å²) in [6, 6.07) is 0.